The molecule has 0 aromatic carbocycles. The second-order valence-electron chi connectivity index (χ2n) is 3.88. The van der Waals surface area contributed by atoms with E-state index in [0.29, 0.717) is 39.1 Å². The van der Waals surface area contributed by atoms with Crippen molar-refractivity contribution in [3.8, 4) is 6.07 Å². The number of carbonyl (C=O) groups excluding carboxylic acids is 1. The molecule has 0 aliphatic carbocycles. The fraction of sp³-hybridized carbons (Fsp3) is 0.308. The Hall–Kier alpha value is -1.82. The number of nitrogen functional groups attached to an aromatic ring is 2. The first-order chi connectivity index (χ1) is 10.1. The van der Waals surface area contributed by atoms with Crippen LogP contribution < -0.4 is 17.2 Å². The van der Waals surface area contributed by atoms with Crippen molar-refractivity contribution in [1.29, 1.82) is 5.26 Å². The molecule has 0 saturated carbocycles. The number of aromatic nitrogens is 1. The van der Waals surface area contributed by atoms with Crippen LogP contribution >= 0.6 is 23.1 Å². The molecular weight excluding hydrogens is 306 g/mol. The van der Waals surface area contributed by atoms with Gasteiger partial charge in [-0.15, -0.1) is 11.3 Å². The maximum atomic E-state index is 11.0. The lowest BCUT2D eigenvalue weighted by molar-refractivity contribution is 0.112. The Morgan fingerprint density at radius 3 is 2.62 bits per heavy atom. The highest BCUT2D eigenvalue weighted by atomic mass is 32.2. The van der Waals surface area contributed by atoms with Crippen molar-refractivity contribution in [3.63, 3.8) is 0 Å². The molecule has 6 N–H and O–H groups in total. The molecule has 0 aliphatic heterocycles. The van der Waals surface area contributed by atoms with E-state index in [-0.39, 0.29) is 5.82 Å². The molecule has 0 spiro atoms. The predicted octanol–water partition coefficient (Wildman–Crippen LogP) is 1.63. The Morgan fingerprint density at radius 2 is 2.10 bits per heavy atom. The molecule has 8 heteroatoms. The number of nitriles is 1. The summed E-state index contributed by atoms with van der Waals surface area (Å²) in [6, 6.07) is 2.08. The van der Waals surface area contributed by atoms with Crippen LogP contribution in [0.5, 0.6) is 0 Å². The number of thiophene rings is 1. The van der Waals surface area contributed by atoms with Crippen LogP contribution in [0.25, 0.3) is 10.2 Å². The molecule has 0 fully saturated rings. The summed E-state index contributed by atoms with van der Waals surface area (Å²) in [4.78, 5) is 16.2. The van der Waals surface area contributed by atoms with Crippen molar-refractivity contribution in [2.75, 3.05) is 30.5 Å². The quantitative estimate of drug-likeness (QED) is 0.728. The van der Waals surface area contributed by atoms with Crippen LogP contribution in [0.15, 0.2) is 0 Å². The first kappa shape index (κ1) is 17.2. The first-order valence-corrected chi connectivity index (χ1v) is 8.27. The molecule has 112 valence electrons. The van der Waals surface area contributed by atoms with E-state index in [0.717, 1.165) is 11.3 Å². The van der Waals surface area contributed by atoms with E-state index in [9.17, 15) is 10.1 Å². The third kappa shape index (κ3) is 3.26. The maximum Gasteiger partial charge on any atom is 0.162 e. The summed E-state index contributed by atoms with van der Waals surface area (Å²) in [5.74, 6) is 1.05. The third-order valence-corrected chi connectivity index (χ3v) is 4.45. The van der Waals surface area contributed by atoms with Crippen molar-refractivity contribution in [2.24, 2.45) is 5.73 Å². The van der Waals surface area contributed by atoms with Gasteiger partial charge in [0, 0.05) is 5.39 Å². The van der Waals surface area contributed by atoms with Gasteiger partial charge in [-0.25, -0.2) is 4.98 Å². The lowest BCUT2D eigenvalue weighted by atomic mass is 10.0. The van der Waals surface area contributed by atoms with Crippen molar-refractivity contribution >= 4 is 51.1 Å². The van der Waals surface area contributed by atoms with Gasteiger partial charge in [-0.3, -0.25) is 4.79 Å². The molecule has 0 radical (unpaired) electrons. The molecule has 21 heavy (non-hydrogen) atoms. The van der Waals surface area contributed by atoms with Gasteiger partial charge >= 0.3 is 0 Å². The van der Waals surface area contributed by atoms with Gasteiger partial charge in [-0.2, -0.15) is 17.0 Å². The summed E-state index contributed by atoms with van der Waals surface area (Å²) in [6.07, 6.45) is 3.37. The number of anilines is 2. The average Bonchev–Trinajstić information content (AvgIpc) is 2.82. The Morgan fingerprint density at radius 1 is 1.43 bits per heavy atom. The van der Waals surface area contributed by atoms with Crippen LogP contribution in [0.1, 0.15) is 20.8 Å². The smallest absolute Gasteiger partial charge is 0.162 e. The Kier molecular flexibility index (Phi) is 6.42. The molecule has 0 atom stereocenters. The Bertz CT molecular complexity index is 690. The minimum absolute atomic E-state index is 0.199. The van der Waals surface area contributed by atoms with E-state index < -0.39 is 0 Å². The predicted molar refractivity (Wildman–Crippen MR) is 90.7 cm³/mol. The zero-order valence-electron chi connectivity index (χ0n) is 11.8. The van der Waals surface area contributed by atoms with Crippen LogP contribution in [0, 0.1) is 11.3 Å². The van der Waals surface area contributed by atoms with Gasteiger partial charge < -0.3 is 17.2 Å². The summed E-state index contributed by atoms with van der Waals surface area (Å²) in [7, 11) is 1.50. The summed E-state index contributed by atoms with van der Waals surface area (Å²) in [6.45, 7) is 0. The standard InChI is InChI=1S/C12H12N4OS2.CH5N/c1-18-3-2-6-7(4-13)11(15)16-12-9(6)10(14)8(5-17)19-12;1-2/h5H,2-3,14H2,1H3,(H2,15,16);2H2,1H3. The van der Waals surface area contributed by atoms with E-state index in [2.05, 4.69) is 16.8 Å². The molecule has 0 amide bonds. The van der Waals surface area contributed by atoms with Crippen LogP contribution in [0.2, 0.25) is 0 Å². The summed E-state index contributed by atoms with van der Waals surface area (Å²) in [5, 5.41) is 9.93. The van der Waals surface area contributed by atoms with E-state index in [1.807, 2.05) is 6.26 Å². The number of aldehydes is 1. The van der Waals surface area contributed by atoms with Gasteiger partial charge in [0.15, 0.2) is 6.29 Å². The fourth-order valence-corrected chi connectivity index (χ4v) is 3.29. The first-order valence-electron chi connectivity index (χ1n) is 6.06. The number of hydrogen-bond donors (Lipinski definition) is 3. The minimum Gasteiger partial charge on any atom is -0.397 e. The largest absolute Gasteiger partial charge is 0.397 e. The minimum atomic E-state index is 0.199. The molecule has 0 saturated heterocycles. The van der Waals surface area contributed by atoms with Gasteiger partial charge in [0.05, 0.1) is 16.1 Å². The fourth-order valence-electron chi connectivity index (χ4n) is 1.93. The van der Waals surface area contributed by atoms with Crippen molar-refractivity contribution < 1.29 is 4.79 Å². The molecule has 2 heterocycles. The SMILES string of the molecule is CN.CSCCc1c(C#N)c(N)nc2sc(C=O)c(N)c12. The van der Waals surface area contributed by atoms with Crippen LogP contribution in [0.3, 0.4) is 0 Å². The number of carbonyl (C=O) groups is 1. The Labute approximate surface area is 131 Å². The van der Waals surface area contributed by atoms with Gasteiger partial charge in [0.2, 0.25) is 0 Å². The van der Waals surface area contributed by atoms with Gasteiger partial charge in [0.25, 0.3) is 0 Å². The third-order valence-electron chi connectivity index (χ3n) is 2.81. The lowest BCUT2D eigenvalue weighted by Gasteiger charge is -2.08. The average molecular weight is 323 g/mol. The molecule has 0 bridgehead atoms. The molecular formula is C13H17N5OS2. The highest BCUT2D eigenvalue weighted by Gasteiger charge is 2.19. The highest BCUT2D eigenvalue weighted by molar-refractivity contribution is 7.98. The van der Waals surface area contributed by atoms with Crippen LogP contribution in [0.4, 0.5) is 11.5 Å². The topological polar surface area (TPSA) is 132 Å². The number of pyridine rings is 1. The van der Waals surface area contributed by atoms with E-state index in [1.54, 1.807) is 11.8 Å². The van der Waals surface area contributed by atoms with Gasteiger partial charge in [0.1, 0.15) is 16.7 Å². The molecule has 6 nitrogen and oxygen atoms in total. The Balaban J connectivity index is 0.00000106. The molecule has 2 aromatic heterocycles. The number of thioether (sulfide) groups is 1. The summed E-state index contributed by atoms with van der Waals surface area (Å²) >= 11 is 2.88. The number of nitrogens with two attached hydrogens (primary N) is 3. The molecule has 2 rings (SSSR count). The van der Waals surface area contributed by atoms with Crippen LogP contribution in [-0.4, -0.2) is 30.3 Å². The maximum absolute atomic E-state index is 11.0. The van der Waals surface area contributed by atoms with Crippen molar-refractivity contribution in [2.45, 2.75) is 6.42 Å². The second-order valence-corrected chi connectivity index (χ2v) is 5.90. The van der Waals surface area contributed by atoms with E-state index >= 15 is 0 Å². The lowest BCUT2D eigenvalue weighted by Crippen LogP contribution is -2.03. The number of rotatable bonds is 4. The second kappa shape index (κ2) is 7.83. The van der Waals surface area contributed by atoms with Gasteiger partial charge in [-0.05, 0) is 31.0 Å². The molecule has 0 unspecified atom stereocenters. The monoisotopic (exact) mass is 323 g/mol. The van der Waals surface area contributed by atoms with Crippen molar-refractivity contribution in [3.05, 3.63) is 16.0 Å². The molecule has 2 aromatic rings. The number of aryl methyl sites for hydroxylation is 1. The summed E-state index contributed by atoms with van der Waals surface area (Å²) < 4.78 is 0. The number of hydrogen-bond acceptors (Lipinski definition) is 8. The summed E-state index contributed by atoms with van der Waals surface area (Å²) in [5.41, 5.74) is 17.8. The normalized spacial score (nSPS) is 9.81. The number of nitrogens with zero attached hydrogens (tertiary/aromatic N) is 2. The number of fused-ring (bicyclic) bond motifs is 1. The van der Waals surface area contributed by atoms with Crippen molar-refractivity contribution in [1.82, 2.24) is 4.98 Å². The van der Waals surface area contributed by atoms with Gasteiger partial charge in [-0.1, -0.05) is 0 Å². The van der Waals surface area contributed by atoms with Crippen LogP contribution in [-0.2, 0) is 6.42 Å². The highest BCUT2D eigenvalue weighted by Crippen LogP contribution is 2.37. The zero-order valence-corrected chi connectivity index (χ0v) is 13.5. The molecule has 0 aliphatic rings. The van der Waals surface area contributed by atoms with E-state index in [1.165, 1.54) is 18.4 Å². The zero-order chi connectivity index (χ0) is 16.0. The van der Waals surface area contributed by atoms with E-state index in [4.69, 9.17) is 11.5 Å².